The average molecular weight is 472 g/mol. The maximum absolute atomic E-state index is 12.9. The molecule has 0 bridgehead atoms. The first-order valence-corrected chi connectivity index (χ1v) is 12.0. The van der Waals surface area contributed by atoms with Crippen LogP contribution in [-0.2, 0) is 16.6 Å². The van der Waals surface area contributed by atoms with Gasteiger partial charge in [-0.1, -0.05) is 41.9 Å². The van der Waals surface area contributed by atoms with Crippen molar-refractivity contribution in [2.45, 2.75) is 24.3 Å². The van der Waals surface area contributed by atoms with Crippen LogP contribution in [0.4, 0.5) is 0 Å². The van der Waals surface area contributed by atoms with Crippen molar-refractivity contribution in [1.29, 1.82) is 0 Å². The lowest BCUT2D eigenvalue weighted by atomic mass is 10.2. The lowest BCUT2D eigenvalue weighted by Gasteiger charge is -2.17. The predicted molar refractivity (Wildman–Crippen MR) is 122 cm³/mol. The molecule has 0 spiro atoms. The van der Waals surface area contributed by atoms with Crippen molar-refractivity contribution in [2.24, 2.45) is 0 Å². The fourth-order valence-corrected chi connectivity index (χ4v) is 5.42. The number of esters is 1. The number of sulfonamides is 1. The molecule has 3 aromatic rings. The first-order chi connectivity index (χ1) is 15.4. The Morgan fingerprint density at radius 2 is 1.56 bits per heavy atom. The Labute approximate surface area is 192 Å². The highest BCUT2D eigenvalue weighted by atomic mass is 35.5. The Morgan fingerprint density at radius 3 is 2.25 bits per heavy atom. The molecule has 3 aromatic carbocycles. The second-order valence-corrected chi connectivity index (χ2v) is 9.71. The van der Waals surface area contributed by atoms with Crippen LogP contribution in [-0.4, -0.2) is 31.8 Å². The van der Waals surface area contributed by atoms with Crippen molar-refractivity contribution >= 4 is 27.6 Å². The molecule has 1 aliphatic rings. The molecule has 1 aliphatic heterocycles. The van der Waals surface area contributed by atoms with Gasteiger partial charge in [0.1, 0.15) is 23.0 Å². The Morgan fingerprint density at radius 1 is 0.906 bits per heavy atom. The molecule has 0 N–H and O–H groups in total. The quantitative estimate of drug-likeness (QED) is 0.361. The lowest BCUT2D eigenvalue weighted by molar-refractivity contribution is 0.0734. The molecule has 32 heavy (non-hydrogen) atoms. The molecule has 4 rings (SSSR count). The zero-order valence-corrected chi connectivity index (χ0v) is 18.8. The van der Waals surface area contributed by atoms with Crippen LogP contribution in [0.25, 0.3) is 0 Å². The van der Waals surface area contributed by atoms with E-state index in [-0.39, 0.29) is 15.5 Å². The standard InChI is InChI=1S/C24H22ClNO5S/c25-22-13-8-19(16-23(22)32(28,29)26-14-4-5-15-26)24(27)31-21-11-9-20(10-12-21)30-17-18-6-2-1-3-7-18/h1-3,6-13,16H,4-5,14-15,17H2. The van der Waals surface area contributed by atoms with Gasteiger partial charge in [0.05, 0.1) is 10.6 Å². The summed E-state index contributed by atoms with van der Waals surface area (Å²) in [6.45, 7) is 1.33. The average Bonchev–Trinajstić information content (AvgIpc) is 3.35. The monoisotopic (exact) mass is 471 g/mol. The van der Waals surface area contributed by atoms with Crippen molar-refractivity contribution in [3.05, 3.63) is 88.9 Å². The predicted octanol–water partition coefficient (Wildman–Crippen LogP) is 4.92. The zero-order valence-electron chi connectivity index (χ0n) is 17.2. The van der Waals surface area contributed by atoms with Gasteiger partial charge in [0, 0.05) is 13.1 Å². The van der Waals surface area contributed by atoms with Crippen LogP contribution in [0.5, 0.6) is 11.5 Å². The normalized spacial score (nSPS) is 14.3. The van der Waals surface area contributed by atoms with Gasteiger partial charge < -0.3 is 9.47 Å². The van der Waals surface area contributed by atoms with Gasteiger partial charge in [-0.3, -0.25) is 0 Å². The molecule has 0 unspecified atom stereocenters. The Kier molecular flexibility index (Phi) is 6.79. The second-order valence-electron chi connectivity index (χ2n) is 7.39. The number of benzene rings is 3. The summed E-state index contributed by atoms with van der Waals surface area (Å²) in [6.07, 6.45) is 1.62. The number of hydrogen-bond donors (Lipinski definition) is 0. The topological polar surface area (TPSA) is 72.9 Å². The maximum Gasteiger partial charge on any atom is 0.343 e. The lowest BCUT2D eigenvalue weighted by Crippen LogP contribution is -2.28. The minimum Gasteiger partial charge on any atom is -0.489 e. The van der Waals surface area contributed by atoms with Gasteiger partial charge >= 0.3 is 5.97 Å². The van der Waals surface area contributed by atoms with E-state index in [4.69, 9.17) is 21.1 Å². The number of carbonyl (C=O) groups excluding carboxylic acids is 1. The van der Waals surface area contributed by atoms with Crippen molar-refractivity contribution in [2.75, 3.05) is 13.1 Å². The van der Waals surface area contributed by atoms with Gasteiger partial charge in [0.2, 0.25) is 10.0 Å². The van der Waals surface area contributed by atoms with Gasteiger partial charge in [-0.05, 0) is 60.9 Å². The smallest absolute Gasteiger partial charge is 0.343 e. The third-order valence-corrected chi connectivity index (χ3v) is 7.51. The highest BCUT2D eigenvalue weighted by molar-refractivity contribution is 7.89. The van der Waals surface area contributed by atoms with Gasteiger partial charge in [-0.15, -0.1) is 0 Å². The summed E-state index contributed by atoms with van der Waals surface area (Å²) in [6, 6.07) is 20.6. The molecule has 0 aromatic heterocycles. The van der Waals surface area contributed by atoms with E-state index in [1.807, 2.05) is 30.3 Å². The summed E-state index contributed by atoms with van der Waals surface area (Å²) >= 11 is 6.14. The van der Waals surface area contributed by atoms with E-state index in [1.165, 1.54) is 22.5 Å². The molecular formula is C24H22ClNO5S. The van der Waals surface area contributed by atoms with Crippen molar-refractivity contribution in [3.8, 4) is 11.5 Å². The number of carbonyl (C=O) groups is 1. The van der Waals surface area contributed by atoms with Crippen molar-refractivity contribution in [3.63, 3.8) is 0 Å². The molecule has 1 fully saturated rings. The SMILES string of the molecule is O=C(Oc1ccc(OCc2ccccc2)cc1)c1ccc(Cl)c(S(=O)(=O)N2CCCC2)c1. The van der Waals surface area contributed by atoms with E-state index in [2.05, 4.69) is 0 Å². The molecule has 1 heterocycles. The summed E-state index contributed by atoms with van der Waals surface area (Å²) in [5, 5.41) is 0.0772. The third-order valence-electron chi connectivity index (χ3n) is 5.13. The second kappa shape index (κ2) is 9.73. The van der Waals surface area contributed by atoms with Crippen LogP contribution in [0.15, 0.2) is 77.7 Å². The highest BCUT2D eigenvalue weighted by Gasteiger charge is 2.30. The van der Waals surface area contributed by atoms with Gasteiger partial charge in [-0.2, -0.15) is 4.31 Å². The Balaban J connectivity index is 1.43. The van der Waals surface area contributed by atoms with E-state index in [0.29, 0.717) is 31.2 Å². The number of halogens is 1. The molecule has 8 heteroatoms. The van der Waals surface area contributed by atoms with Gasteiger partial charge in [0.25, 0.3) is 0 Å². The molecule has 0 saturated carbocycles. The Hall–Kier alpha value is -2.87. The number of rotatable bonds is 7. The Bertz CT molecular complexity index is 1190. The van der Waals surface area contributed by atoms with Gasteiger partial charge in [-0.25, -0.2) is 13.2 Å². The molecular weight excluding hydrogens is 450 g/mol. The number of ether oxygens (including phenoxy) is 2. The summed E-state index contributed by atoms with van der Waals surface area (Å²) < 4.78 is 38.2. The van der Waals surface area contributed by atoms with E-state index in [0.717, 1.165) is 18.4 Å². The molecule has 6 nitrogen and oxygen atoms in total. The highest BCUT2D eigenvalue weighted by Crippen LogP contribution is 2.29. The maximum atomic E-state index is 12.9. The molecule has 0 radical (unpaired) electrons. The molecule has 166 valence electrons. The molecule has 0 amide bonds. The number of hydrogen-bond acceptors (Lipinski definition) is 5. The zero-order chi connectivity index (χ0) is 22.6. The van der Waals surface area contributed by atoms with Gasteiger partial charge in [0.15, 0.2) is 0 Å². The van der Waals surface area contributed by atoms with E-state index < -0.39 is 16.0 Å². The number of nitrogens with zero attached hydrogens (tertiary/aromatic N) is 1. The molecule has 1 saturated heterocycles. The fraction of sp³-hybridized carbons (Fsp3) is 0.208. The van der Waals surface area contributed by atoms with E-state index in [1.54, 1.807) is 24.3 Å². The van der Waals surface area contributed by atoms with Crippen LogP contribution >= 0.6 is 11.6 Å². The molecule has 0 atom stereocenters. The van der Waals surface area contributed by atoms with Crippen molar-refractivity contribution in [1.82, 2.24) is 4.31 Å². The third kappa shape index (κ3) is 5.12. The summed E-state index contributed by atoms with van der Waals surface area (Å²) in [4.78, 5) is 12.5. The van der Waals surface area contributed by atoms with Crippen LogP contribution in [0.1, 0.15) is 28.8 Å². The minimum atomic E-state index is -3.76. The van der Waals surface area contributed by atoms with E-state index in [9.17, 15) is 13.2 Å². The molecule has 0 aliphatic carbocycles. The largest absolute Gasteiger partial charge is 0.489 e. The first-order valence-electron chi connectivity index (χ1n) is 10.2. The first kappa shape index (κ1) is 22.3. The van der Waals surface area contributed by atoms with Crippen LogP contribution in [0.2, 0.25) is 5.02 Å². The summed E-state index contributed by atoms with van der Waals surface area (Å²) in [7, 11) is -3.76. The van der Waals surface area contributed by atoms with E-state index >= 15 is 0 Å². The summed E-state index contributed by atoms with van der Waals surface area (Å²) in [5.41, 5.74) is 1.15. The fourth-order valence-electron chi connectivity index (χ4n) is 3.41. The van der Waals surface area contributed by atoms with Crippen LogP contribution < -0.4 is 9.47 Å². The van der Waals surface area contributed by atoms with Crippen LogP contribution in [0.3, 0.4) is 0 Å². The van der Waals surface area contributed by atoms with Crippen molar-refractivity contribution < 1.29 is 22.7 Å². The van der Waals surface area contributed by atoms with Crippen LogP contribution in [0, 0.1) is 0 Å². The summed E-state index contributed by atoms with van der Waals surface area (Å²) in [5.74, 6) is 0.289. The minimum absolute atomic E-state index is 0.0772.